The molecule has 1 amide bonds. The summed E-state index contributed by atoms with van der Waals surface area (Å²) in [6, 6.07) is 15.1. The normalized spacial score (nSPS) is 12.5. The molecule has 25 heavy (non-hydrogen) atoms. The van der Waals surface area contributed by atoms with Crippen LogP contribution in [0.5, 0.6) is 5.75 Å². The van der Waals surface area contributed by atoms with Crippen LogP contribution in [0.15, 0.2) is 54.6 Å². The molecule has 0 aromatic heterocycles. The van der Waals surface area contributed by atoms with Gasteiger partial charge in [-0.1, -0.05) is 49.4 Å². The lowest BCUT2D eigenvalue weighted by Gasteiger charge is -2.23. The van der Waals surface area contributed by atoms with E-state index in [1.54, 1.807) is 11.9 Å². The van der Waals surface area contributed by atoms with E-state index in [1.165, 1.54) is 24.3 Å². The molecule has 0 aliphatic carbocycles. The molecule has 3 nitrogen and oxygen atoms in total. The van der Waals surface area contributed by atoms with Crippen molar-refractivity contribution in [2.45, 2.75) is 32.2 Å². The third-order valence-electron chi connectivity index (χ3n) is 3.86. The molecule has 0 spiro atoms. The van der Waals surface area contributed by atoms with Gasteiger partial charge in [0.05, 0.1) is 5.92 Å². The summed E-state index contributed by atoms with van der Waals surface area (Å²) < 4.78 is 40.4. The number of hydrogen-bond donors (Lipinski definition) is 0. The van der Waals surface area contributed by atoms with Crippen molar-refractivity contribution in [3.63, 3.8) is 0 Å². The summed E-state index contributed by atoms with van der Waals surface area (Å²) >= 11 is 0. The van der Waals surface area contributed by atoms with Crippen LogP contribution in [0.25, 0.3) is 0 Å². The number of ether oxygens (including phenoxy) is 1. The van der Waals surface area contributed by atoms with Crippen LogP contribution in [0.1, 0.15) is 30.4 Å². The van der Waals surface area contributed by atoms with E-state index in [2.05, 4.69) is 4.74 Å². The monoisotopic (exact) mass is 351 g/mol. The number of alkyl halides is 3. The molecule has 0 bridgehead atoms. The van der Waals surface area contributed by atoms with Gasteiger partial charge in [-0.15, -0.1) is 13.2 Å². The number of amides is 1. The van der Waals surface area contributed by atoms with Gasteiger partial charge in [-0.25, -0.2) is 0 Å². The fourth-order valence-electron chi connectivity index (χ4n) is 2.65. The molecule has 0 saturated heterocycles. The van der Waals surface area contributed by atoms with Crippen LogP contribution in [0.2, 0.25) is 0 Å². The van der Waals surface area contributed by atoms with Gasteiger partial charge >= 0.3 is 6.36 Å². The maximum atomic E-state index is 12.7. The van der Waals surface area contributed by atoms with E-state index in [0.29, 0.717) is 13.0 Å². The molecule has 0 N–H and O–H groups in total. The molecule has 0 radical (unpaired) electrons. The predicted molar refractivity (Wildman–Crippen MR) is 89.1 cm³/mol. The molecule has 0 aliphatic heterocycles. The number of hydrogen-bond acceptors (Lipinski definition) is 2. The topological polar surface area (TPSA) is 29.5 Å². The van der Waals surface area contributed by atoms with Crippen LogP contribution in [-0.2, 0) is 11.3 Å². The Labute approximate surface area is 145 Å². The average Bonchev–Trinajstić information content (AvgIpc) is 2.57. The molecular weight excluding hydrogens is 331 g/mol. The Morgan fingerprint density at radius 1 is 1.08 bits per heavy atom. The largest absolute Gasteiger partial charge is 0.573 e. The average molecular weight is 351 g/mol. The van der Waals surface area contributed by atoms with Gasteiger partial charge in [-0.05, 0) is 29.7 Å². The first-order valence-electron chi connectivity index (χ1n) is 7.94. The quantitative estimate of drug-likeness (QED) is 0.752. The summed E-state index contributed by atoms with van der Waals surface area (Å²) in [5.74, 6) is -0.538. The lowest BCUT2D eigenvalue weighted by atomic mass is 9.95. The van der Waals surface area contributed by atoms with Gasteiger partial charge in [0.25, 0.3) is 0 Å². The van der Waals surface area contributed by atoms with Crippen LogP contribution >= 0.6 is 0 Å². The van der Waals surface area contributed by atoms with Gasteiger partial charge in [0.2, 0.25) is 5.91 Å². The zero-order chi connectivity index (χ0) is 18.4. The van der Waals surface area contributed by atoms with Crippen LogP contribution < -0.4 is 4.74 Å². The highest BCUT2D eigenvalue weighted by Crippen LogP contribution is 2.24. The Hall–Kier alpha value is -2.50. The molecule has 2 aromatic rings. The summed E-state index contributed by atoms with van der Waals surface area (Å²) in [5, 5.41) is 0. The van der Waals surface area contributed by atoms with Gasteiger partial charge < -0.3 is 9.64 Å². The molecule has 0 saturated carbocycles. The van der Waals surface area contributed by atoms with E-state index < -0.39 is 6.36 Å². The minimum absolute atomic E-state index is 0.0238. The van der Waals surface area contributed by atoms with Crippen LogP contribution in [-0.4, -0.2) is 24.2 Å². The molecule has 0 heterocycles. The zero-order valence-corrected chi connectivity index (χ0v) is 14.1. The van der Waals surface area contributed by atoms with Crippen molar-refractivity contribution in [1.82, 2.24) is 4.90 Å². The third-order valence-corrected chi connectivity index (χ3v) is 3.86. The Morgan fingerprint density at radius 3 is 2.20 bits per heavy atom. The molecule has 0 aliphatic rings. The van der Waals surface area contributed by atoms with Gasteiger partial charge in [-0.3, -0.25) is 4.79 Å². The second-order valence-corrected chi connectivity index (χ2v) is 5.76. The number of halogens is 3. The smallest absolute Gasteiger partial charge is 0.406 e. The Morgan fingerprint density at radius 2 is 1.68 bits per heavy atom. The molecule has 6 heteroatoms. The van der Waals surface area contributed by atoms with Crippen LogP contribution in [0.4, 0.5) is 13.2 Å². The third kappa shape index (κ3) is 5.52. The first-order chi connectivity index (χ1) is 11.8. The van der Waals surface area contributed by atoms with Gasteiger partial charge in [0.1, 0.15) is 5.75 Å². The SMILES string of the molecule is CCC(C(=O)N(C)Cc1ccc(OC(F)(F)F)cc1)c1ccccc1. The van der Waals surface area contributed by atoms with Crippen molar-refractivity contribution in [1.29, 1.82) is 0 Å². The second kappa shape index (κ2) is 8.05. The van der Waals surface area contributed by atoms with E-state index in [9.17, 15) is 18.0 Å². The van der Waals surface area contributed by atoms with E-state index >= 15 is 0 Å². The van der Waals surface area contributed by atoms with Crippen molar-refractivity contribution in [2.75, 3.05) is 7.05 Å². The highest BCUT2D eigenvalue weighted by molar-refractivity contribution is 5.83. The Balaban J connectivity index is 2.03. The van der Waals surface area contributed by atoms with Gasteiger partial charge in [0.15, 0.2) is 0 Å². The standard InChI is InChI=1S/C19H20F3NO2/c1-3-17(15-7-5-4-6-8-15)18(24)23(2)13-14-9-11-16(12-10-14)25-19(20,21)22/h4-12,17H,3,13H2,1-2H3. The lowest BCUT2D eigenvalue weighted by Crippen LogP contribution is -2.31. The maximum Gasteiger partial charge on any atom is 0.573 e. The first-order valence-corrected chi connectivity index (χ1v) is 7.94. The van der Waals surface area contributed by atoms with Crippen LogP contribution in [0.3, 0.4) is 0 Å². The number of nitrogens with zero attached hydrogens (tertiary/aromatic N) is 1. The highest BCUT2D eigenvalue weighted by atomic mass is 19.4. The highest BCUT2D eigenvalue weighted by Gasteiger charge is 2.31. The minimum atomic E-state index is -4.71. The second-order valence-electron chi connectivity index (χ2n) is 5.76. The van der Waals surface area contributed by atoms with Gasteiger partial charge in [-0.2, -0.15) is 0 Å². The maximum absolute atomic E-state index is 12.7. The molecule has 2 rings (SSSR count). The van der Waals surface area contributed by atoms with Crippen molar-refractivity contribution in [3.8, 4) is 5.75 Å². The molecule has 1 atom stereocenters. The summed E-state index contributed by atoms with van der Waals surface area (Å²) in [4.78, 5) is 14.3. The van der Waals surface area contributed by atoms with Crippen molar-refractivity contribution >= 4 is 5.91 Å². The predicted octanol–water partition coefficient (Wildman–Crippen LogP) is 4.74. The summed E-state index contributed by atoms with van der Waals surface area (Å²) in [6.07, 6.45) is -4.04. The summed E-state index contributed by atoms with van der Waals surface area (Å²) in [5.41, 5.74) is 1.68. The Bertz CT molecular complexity index is 684. The fourth-order valence-corrected chi connectivity index (χ4v) is 2.65. The number of carbonyl (C=O) groups is 1. The van der Waals surface area contributed by atoms with E-state index in [1.807, 2.05) is 37.3 Å². The van der Waals surface area contributed by atoms with E-state index in [0.717, 1.165) is 11.1 Å². The van der Waals surface area contributed by atoms with Crippen molar-refractivity contribution in [3.05, 3.63) is 65.7 Å². The van der Waals surface area contributed by atoms with Crippen molar-refractivity contribution < 1.29 is 22.7 Å². The summed E-state index contributed by atoms with van der Waals surface area (Å²) in [6.45, 7) is 2.27. The minimum Gasteiger partial charge on any atom is -0.406 e. The molecule has 0 fully saturated rings. The fraction of sp³-hybridized carbons (Fsp3) is 0.316. The van der Waals surface area contributed by atoms with Gasteiger partial charge in [0, 0.05) is 13.6 Å². The zero-order valence-electron chi connectivity index (χ0n) is 14.1. The van der Waals surface area contributed by atoms with Crippen molar-refractivity contribution in [2.24, 2.45) is 0 Å². The van der Waals surface area contributed by atoms with E-state index in [-0.39, 0.29) is 17.6 Å². The summed E-state index contributed by atoms with van der Waals surface area (Å²) in [7, 11) is 1.69. The number of carbonyl (C=O) groups excluding carboxylic acids is 1. The Kier molecular flexibility index (Phi) is 6.07. The number of likely N-dealkylation sites (N-methyl/N-ethyl adjacent to an activating group) is 1. The molecular formula is C19H20F3NO2. The lowest BCUT2D eigenvalue weighted by molar-refractivity contribution is -0.274. The van der Waals surface area contributed by atoms with Crippen LogP contribution in [0, 0.1) is 0 Å². The van der Waals surface area contributed by atoms with E-state index in [4.69, 9.17) is 0 Å². The number of benzene rings is 2. The number of rotatable bonds is 6. The molecule has 134 valence electrons. The molecule has 2 aromatic carbocycles. The first kappa shape index (κ1) is 18.8. The molecule has 1 unspecified atom stereocenters.